The molecule has 1 aliphatic heterocycles. The van der Waals surface area contributed by atoms with E-state index in [9.17, 15) is 9.59 Å². The summed E-state index contributed by atoms with van der Waals surface area (Å²) < 4.78 is 0. The number of amides is 2. The minimum absolute atomic E-state index is 0.0370. The second kappa shape index (κ2) is 13.8. The zero-order valence-electron chi connectivity index (χ0n) is 25.6. The van der Waals surface area contributed by atoms with Crippen molar-refractivity contribution >= 4 is 29.2 Å². The summed E-state index contributed by atoms with van der Waals surface area (Å²) >= 11 is 1.56. The second-order valence-corrected chi connectivity index (χ2v) is 12.6. The SMILES string of the molecule is Cc1nc(C)c(C=CC(=O)N(Cc2ccc(-c3ccccn3)cc2)C(Cc2ccccc2)C(=O)N2CCc3ccccc3C2)s1. The van der Waals surface area contributed by atoms with Crippen molar-refractivity contribution in [1.29, 1.82) is 0 Å². The highest BCUT2D eigenvalue weighted by molar-refractivity contribution is 7.12. The van der Waals surface area contributed by atoms with Crippen LogP contribution >= 0.6 is 11.3 Å². The molecule has 2 aromatic heterocycles. The van der Waals surface area contributed by atoms with Gasteiger partial charge in [0.25, 0.3) is 0 Å². The summed E-state index contributed by atoms with van der Waals surface area (Å²) in [5.41, 5.74) is 7.16. The van der Waals surface area contributed by atoms with E-state index >= 15 is 0 Å². The van der Waals surface area contributed by atoms with E-state index in [1.807, 2.05) is 110 Å². The first-order valence-corrected chi connectivity index (χ1v) is 16.1. The van der Waals surface area contributed by atoms with E-state index in [1.165, 1.54) is 5.56 Å². The molecular weight excluding hydrogens is 577 g/mol. The molecule has 0 N–H and O–H groups in total. The predicted octanol–water partition coefficient (Wildman–Crippen LogP) is 7.06. The van der Waals surface area contributed by atoms with Crippen molar-refractivity contribution in [1.82, 2.24) is 19.8 Å². The number of fused-ring (bicyclic) bond motifs is 1. The molecule has 6 rings (SSSR count). The van der Waals surface area contributed by atoms with Crippen LogP contribution in [0.1, 0.15) is 37.8 Å². The summed E-state index contributed by atoms with van der Waals surface area (Å²) in [7, 11) is 0. The first-order valence-electron chi connectivity index (χ1n) is 15.3. The molecule has 5 aromatic rings. The average molecular weight is 613 g/mol. The van der Waals surface area contributed by atoms with Crippen LogP contribution in [0.25, 0.3) is 17.3 Å². The Kier molecular flexibility index (Phi) is 9.27. The summed E-state index contributed by atoms with van der Waals surface area (Å²) in [5, 5.41) is 0.951. The van der Waals surface area contributed by atoms with E-state index < -0.39 is 6.04 Å². The van der Waals surface area contributed by atoms with E-state index in [0.29, 0.717) is 26.1 Å². The Hall–Kier alpha value is -4.88. The van der Waals surface area contributed by atoms with Crippen molar-refractivity contribution in [2.45, 2.75) is 45.8 Å². The van der Waals surface area contributed by atoms with E-state index in [1.54, 1.807) is 28.5 Å². The largest absolute Gasteiger partial charge is 0.336 e. The van der Waals surface area contributed by atoms with Crippen molar-refractivity contribution in [2.75, 3.05) is 6.54 Å². The van der Waals surface area contributed by atoms with Crippen LogP contribution in [-0.2, 0) is 35.5 Å². The minimum atomic E-state index is -0.686. The van der Waals surface area contributed by atoms with E-state index in [4.69, 9.17) is 0 Å². The number of carbonyl (C=O) groups is 2. The number of nitrogens with zero attached hydrogens (tertiary/aromatic N) is 4. The van der Waals surface area contributed by atoms with Crippen LogP contribution in [0.15, 0.2) is 109 Å². The maximum atomic E-state index is 14.5. The molecule has 3 heterocycles. The molecule has 0 saturated carbocycles. The summed E-state index contributed by atoms with van der Waals surface area (Å²) in [4.78, 5) is 42.3. The fourth-order valence-electron chi connectivity index (χ4n) is 5.86. The van der Waals surface area contributed by atoms with Crippen LogP contribution in [0, 0.1) is 13.8 Å². The summed E-state index contributed by atoms with van der Waals surface area (Å²) in [6.07, 6.45) is 6.43. The van der Waals surface area contributed by atoms with Gasteiger partial charge in [-0.25, -0.2) is 4.98 Å². The predicted molar refractivity (Wildman–Crippen MR) is 180 cm³/mol. The first kappa shape index (κ1) is 30.2. The number of carbonyl (C=O) groups excluding carboxylic acids is 2. The molecule has 1 unspecified atom stereocenters. The van der Waals surface area contributed by atoms with Crippen LogP contribution in [0.2, 0.25) is 0 Å². The van der Waals surface area contributed by atoms with Gasteiger partial charge in [0.05, 0.1) is 21.3 Å². The standard InChI is InChI=1S/C38H36N4O2S/c1-27-36(45-28(2)40-27)19-20-37(43)42(25-30-15-17-32(18-16-30)34-14-8-9-22-39-34)35(24-29-10-4-3-5-11-29)38(44)41-23-21-31-12-6-7-13-33(31)26-41/h3-20,22,35H,21,23-26H2,1-2H3. The molecule has 3 aromatic carbocycles. The quantitative estimate of drug-likeness (QED) is 0.167. The Bertz CT molecular complexity index is 1800. The third kappa shape index (κ3) is 7.27. The number of thiazole rings is 1. The van der Waals surface area contributed by atoms with Gasteiger partial charge in [0.15, 0.2) is 0 Å². The third-order valence-corrected chi connectivity index (χ3v) is 9.28. The van der Waals surface area contributed by atoms with Crippen LogP contribution in [0.3, 0.4) is 0 Å². The first-order chi connectivity index (χ1) is 21.9. The Morgan fingerprint density at radius 2 is 1.62 bits per heavy atom. The minimum Gasteiger partial charge on any atom is -0.336 e. The molecule has 0 spiro atoms. The molecule has 1 aliphatic rings. The number of aryl methyl sites for hydroxylation is 2. The molecule has 0 saturated heterocycles. The van der Waals surface area contributed by atoms with Gasteiger partial charge in [0.2, 0.25) is 11.8 Å². The van der Waals surface area contributed by atoms with Crippen molar-refractivity contribution in [3.8, 4) is 11.3 Å². The highest BCUT2D eigenvalue weighted by Crippen LogP contribution is 2.25. The van der Waals surface area contributed by atoms with Gasteiger partial charge < -0.3 is 9.80 Å². The second-order valence-electron chi connectivity index (χ2n) is 11.4. The van der Waals surface area contributed by atoms with E-state index in [-0.39, 0.29) is 11.8 Å². The van der Waals surface area contributed by atoms with Gasteiger partial charge in [0, 0.05) is 43.9 Å². The van der Waals surface area contributed by atoms with Gasteiger partial charge in [-0.3, -0.25) is 14.6 Å². The van der Waals surface area contributed by atoms with Gasteiger partial charge in [-0.05, 0) is 60.7 Å². The molecule has 6 nitrogen and oxygen atoms in total. The molecule has 226 valence electrons. The van der Waals surface area contributed by atoms with Gasteiger partial charge in [-0.15, -0.1) is 11.3 Å². The molecule has 45 heavy (non-hydrogen) atoms. The molecule has 0 bridgehead atoms. The Morgan fingerprint density at radius 1 is 0.889 bits per heavy atom. The number of hydrogen-bond acceptors (Lipinski definition) is 5. The molecule has 0 radical (unpaired) electrons. The number of pyridine rings is 1. The third-order valence-electron chi connectivity index (χ3n) is 8.24. The highest BCUT2D eigenvalue weighted by atomic mass is 32.1. The Balaban J connectivity index is 1.35. The fraction of sp³-hybridized carbons (Fsp3) is 0.211. The number of hydrogen-bond donors (Lipinski definition) is 0. The summed E-state index contributed by atoms with van der Waals surface area (Å²) in [5.74, 6) is -0.244. The van der Waals surface area contributed by atoms with Crippen molar-refractivity contribution in [2.24, 2.45) is 0 Å². The molecule has 7 heteroatoms. The Morgan fingerprint density at radius 3 is 2.33 bits per heavy atom. The number of rotatable bonds is 9. The van der Waals surface area contributed by atoms with Crippen LogP contribution in [0.4, 0.5) is 0 Å². The monoisotopic (exact) mass is 612 g/mol. The van der Waals surface area contributed by atoms with Crippen molar-refractivity contribution in [3.05, 3.63) is 147 Å². The van der Waals surface area contributed by atoms with Gasteiger partial charge in [-0.2, -0.15) is 0 Å². The average Bonchev–Trinajstić information content (AvgIpc) is 3.41. The van der Waals surface area contributed by atoms with E-state index in [2.05, 4.69) is 22.1 Å². The lowest BCUT2D eigenvalue weighted by Crippen LogP contribution is -2.52. The van der Waals surface area contributed by atoms with Crippen molar-refractivity contribution in [3.63, 3.8) is 0 Å². The van der Waals surface area contributed by atoms with Crippen LogP contribution in [-0.4, -0.2) is 44.2 Å². The van der Waals surface area contributed by atoms with Crippen LogP contribution in [0.5, 0.6) is 0 Å². The molecule has 1 atom stereocenters. The van der Waals surface area contributed by atoms with Crippen molar-refractivity contribution < 1.29 is 9.59 Å². The summed E-state index contributed by atoms with van der Waals surface area (Å²) in [6, 6.07) is 31.5. The molecule has 2 amide bonds. The maximum absolute atomic E-state index is 14.5. The highest BCUT2D eigenvalue weighted by Gasteiger charge is 2.34. The zero-order chi connectivity index (χ0) is 31.2. The Labute approximate surface area is 268 Å². The molecule has 0 aliphatic carbocycles. The van der Waals surface area contributed by atoms with Gasteiger partial charge in [0.1, 0.15) is 6.04 Å². The topological polar surface area (TPSA) is 66.4 Å². The lowest BCUT2D eigenvalue weighted by atomic mass is 9.97. The fourth-order valence-corrected chi connectivity index (χ4v) is 6.69. The lowest BCUT2D eigenvalue weighted by molar-refractivity contribution is -0.144. The maximum Gasteiger partial charge on any atom is 0.247 e. The van der Waals surface area contributed by atoms with Gasteiger partial charge in [-0.1, -0.05) is 84.9 Å². The number of benzene rings is 3. The van der Waals surface area contributed by atoms with Crippen LogP contribution < -0.4 is 0 Å². The number of aromatic nitrogens is 2. The normalized spacial score (nSPS) is 13.4. The summed E-state index contributed by atoms with van der Waals surface area (Å²) in [6.45, 7) is 5.36. The zero-order valence-corrected chi connectivity index (χ0v) is 26.4. The molecule has 0 fully saturated rings. The lowest BCUT2D eigenvalue weighted by Gasteiger charge is -2.37. The smallest absolute Gasteiger partial charge is 0.247 e. The van der Waals surface area contributed by atoms with E-state index in [0.717, 1.165) is 49.9 Å². The van der Waals surface area contributed by atoms with Gasteiger partial charge >= 0.3 is 0 Å². The molecular formula is C38H36N4O2S.